The molecule has 2 aromatic carbocycles. The molecule has 0 unspecified atom stereocenters. The Balaban J connectivity index is 1.50. The second kappa shape index (κ2) is 11.1. The number of aryl methyl sites for hydroxylation is 1. The van der Waals surface area contributed by atoms with Crippen LogP contribution in [0.4, 0.5) is 5.69 Å². The van der Waals surface area contributed by atoms with E-state index in [-0.39, 0.29) is 11.7 Å². The van der Waals surface area contributed by atoms with E-state index in [9.17, 15) is 4.79 Å². The van der Waals surface area contributed by atoms with Crippen molar-refractivity contribution in [1.29, 1.82) is 0 Å². The van der Waals surface area contributed by atoms with Gasteiger partial charge in [-0.25, -0.2) is 0 Å². The van der Waals surface area contributed by atoms with Gasteiger partial charge in [0.05, 0.1) is 11.5 Å². The zero-order valence-electron chi connectivity index (χ0n) is 16.3. The molecule has 1 aromatic heterocycles. The van der Waals surface area contributed by atoms with Crippen LogP contribution >= 0.6 is 69.3 Å². The molecule has 0 saturated carbocycles. The Bertz CT molecular complexity index is 1060. The van der Waals surface area contributed by atoms with Gasteiger partial charge in [0.2, 0.25) is 5.91 Å². The first kappa shape index (κ1) is 23.7. The minimum absolute atomic E-state index is 0.0689. The molecule has 0 atom stereocenters. The normalized spacial score (nSPS) is 11.0. The van der Waals surface area contributed by atoms with Gasteiger partial charge in [-0.15, -0.1) is 22.0 Å². The average molecular weight is 593 g/mol. The van der Waals surface area contributed by atoms with Crippen LogP contribution in [0.1, 0.15) is 17.0 Å². The number of halogens is 3. The summed E-state index contributed by atoms with van der Waals surface area (Å²) < 4.78 is 3.06. The van der Waals surface area contributed by atoms with Gasteiger partial charge in [-0.05, 0) is 71.0 Å². The van der Waals surface area contributed by atoms with E-state index < -0.39 is 0 Å². The van der Waals surface area contributed by atoms with Crippen molar-refractivity contribution < 1.29 is 4.79 Å². The fraction of sp³-hybridized carbons (Fsp3) is 0.250. The van der Waals surface area contributed by atoms with Crippen molar-refractivity contribution in [3.8, 4) is 0 Å². The third-order valence-corrected chi connectivity index (χ3v) is 7.48. The number of thioether (sulfide) groups is 2. The number of aromatic nitrogens is 3. The van der Waals surface area contributed by atoms with Crippen molar-refractivity contribution in [2.24, 2.45) is 7.05 Å². The van der Waals surface area contributed by atoms with E-state index in [0.29, 0.717) is 21.0 Å². The van der Waals surface area contributed by atoms with Gasteiger partial charge in [-0.3, -0.25) is 4.79 Å². The Labute approximate surface area is 207 Å². The number of hydrogen-bond donors (Lipinski definition) is 1. The second-order valence-corrected chi connectivity index (χ2v) is 10.5. The number of amides is 1. The topological polar surface area (TPSA) is 59.8 Å². The summed E-state index contributed by atoms with van der Waals surface area (Å²) in [6.45, 7) is 1.98. The lowest BCUT2D eigenvalue weighted by molar-refractivity contribution is -0.113. The molecule has 30 heavy (non-hydrogen) atoms. The number of nitrogens with one attached hydrogen (secondary N) is 1. The molecule has 10 heteroatoms. The summed E-state index contributed by atoms with van der Waals surface area (Å²) in [6.07, 6.45) is 0. The van der Waals surface area contributed by atoms with Crippen LogP contribution in [0.2, 0.25) is 10.0 Å². The summed E-state index contributed by atoms with van der Waals surface area (Å²) in [5.74, 6) is 2.49. The van der Waals surface area contributed by atoms with Gasteiger partial charge in [-0.1, -0.05) is 41.0 Å². The quantitative estimate of drug-likeness (QED) is 0.249. The number of carbonyl (C=O) groups is 1. The first-order valence-electron chi connectivity index (χ1n) is 8.92. The van der Waals surface area contributed by atoms with E-state index in [4.69, 9.17) is 23.2 Å². The van der Waals surface area contributed by atoms with Crippen molar-refractivity contribution in [1.82, 2.24) is 14.8 Å². The molecule has 158 valence electrons. The summed E-state index contributed by atoms with van der Waals surface area (Å²) in [5.41, 5.74) is 2.90. The number of rotatable bonds is 8. The lowest BCUT2D eigenvalue weighted by Gasteiger charge is -2.09. The minimum Gasteiger partial charge on any atom is -0.325 e. The monoisotopic (exact) mass is 592 g/mol. The van der Waals surface area contributed by atoms with Crippen LogP contribution in [0.3, 0.4) is 0 Å². The van der Waals surface area contributed by atoms with Crippen molar-refractivity contribution in [2.45, 2.75) is 23.6 Å². The summed E-state index contributed by atoms with van der Waals surface area (Å²) in [5, 5.41) is 13.4. The Kier molecular flexibility index (Phi) is 8.76. The largest absolute Gasteiger partial charge is 0.325 e. The Hall–Kier alpha value is -0.940. The number of benzene rings is 2. The van der Waals surface area contributed by atoms with Crippen molar-refractivity contribution in [3.63, 3.8) is 0 Å². The highest BCUT2D eigenvalue weighted by Gasteiger charge is 2.13. The maximum absolute atomic E-state index is 12.3. The van der Waals surface area contributed by atoms with Crippen molar-refractivity contribution >= 4 is 80.9 Å². The van der Waals surface area contributed by atoms with Gasteiger partial charge in [0.15, 0.2) is 5.16 Å². The maximum atomic E-state index is 12.3. The van der Waals surface area contributed by atoms with E-state index in [1.165, 1.54) is 11.8 Å². The molecule has 0 radical (unpaired) electrons. The van der Waals surface area contributed by atoms with E-state index in [1.54, 1.807) is 17.8 Å². The molecule has 5 nitrogen and oxygen atoms in total. The molecule has 0 aliphatic heterocycles. The Morgan fingerprint density at radius 1 is 1.17 bits per heavy atom. The predicted molar refractivity (Wildman–Crippen MR) is 136 cm³/mol. The molecular weight excluding hydrogens is 574 g/mol. The summed E-state index contributed by atoms with van der Waals surface area (Å²) >= 11 is 17.5. The van der Waals surface area contributed by atoms with E-state index >= 15 is 0 Å². The molecule has 1 amide bonds. The Morgan fingerprint density at radius 2 is 1.97 bits per heavy atom. The molecule has 0 spiro atoms. The first-order chi connectivity index (χ1) is 14.3. The fourth-order valence-electron chi connectivity index (χ4n) is 2.57. The van der Waals surface area contributed by atoms with Crippen LogP contribution in [0, 0.1) is 10.5 Å². The molecule has 0 aliphatic rings. The lowest BCUT2D eigenvalue weighted by Crippen LogP contribution is -2.15. The Morgan fingerprint density at radius 3 is 2.70 bits per heavy atom. The van der Waals surface area contributed by atoms with E-state index in [1.807, 2.05) is 48.9 Å². The molecule has 1 N–H and O–H groups in total. The molecule has 0 aliphatic carbocycles. The first-order valence-corrected chi connectivity index (χ1v) is 12.9. The van der Waals surface area contributed by atoms with Crippen LogP contribution in [-0.2, 0) is 23.3 Å². The number of nitrogens with zero attached hydrogens (tertiary/aromatic N) is 3. The van der Waals surface area contributed by atoms with Gasteiger partial charge in [0.1, 0.15) is 5.82 Å². The number of hydrogen-bond acceptors (Lipinski definition) is 5. The van der Waals surface area contributed by atoms with Gasteiger partial charge in [0.25, 0.3) is 0 Å². The zero-order chi connectivity index (χ0) is 21.7. The van der Waals surface area contributed by atoms with Crippen molar-refractivity contribution in [3.05, 3.63) is 67.0 Å². The highest BCUT2D eigenvalue weighted by Crippen LogP contribution is 2.27. The second-order valence-electron chi connectivity index (χ2n) is 6.48. The highest BCUT2D eigenvalue weighted by molar-refractivity contribution is 14.1. The van der Waals surface area contributed by atoms with Crippen molar-refractivity contribution in [2.75, 3.05) is 11.1 Å². The van der Waals surface area contributed by atoms with Gasteiger partial charge in [0, 0.05) is 32.1 Å². The molecular formula is C20H19Cl2IN4OS2. The molecule has 0 bridgehead atoms. The molecule has 3 aromatic rings. The molecule has 0 saturated heterocycles. The SMILES string of the molecule is Cc1cc(I)ccc1NC(=O)CSc1nnc(CSCc2ccc(Cl)cc2Cl)n1C. The van der Waals surface area contributed by atoms with Crippen LogP contribution in [0.5, 0.6) is 0 Å². The molecule has 1 heterocycles. The van der Waals surface area contributed by atoms with Crippen LogP contribution in [0.25, 0.3) is 0 Å². The van der Waals surface area contributed by atoms with Gasteiger partial charge in [-0.2, -0.15) is 0 Å². The summed E-state index contributed by atoms with van der Waals surface area (Å²) in [7, 11) is 1.91. The number of carbonyl (C=O) groups excluding carboxylic acids is 1. The fourth-order valence-corrected chi connectivity index (χ4v) is 5.51. The van der Waals surface area contributed by atoms with Gasteiger partial charge < -0.3 is 9.88 Å². The average Bonchev–Trinajstić information content (AvgIpc) is 3.04. The maximum Gasteiger partial charge on any atom is 0.234 e. The number of anilines is 1. The molecule has 0 fully saturated rings. The predicted octanol–water partition coefficient (Wildman–Crippen LogP) is 6.20. The van der Waals surface area contributed by atoms with Crippen LogP contribution in [-0.4, -0.2) is 26.4 Å². The highest BCUT2D eigenvalue weighted by atomic mass is 127. The summed E-state index contributed by atoms with van der Waals surface area (Å²) in [6, 6.07) is 11.4. The smallest absolute Gasteiger partial charge is 0.234 e. The molecule has 3 rings (SSSR count). The third kappa shape index (κ3) is 6.53. The minimum atomic E-state index is -0.0689. The van der Waals surface area contributed by atoms with Crippen LogP contribution < -0.4 is 5.32 Å². The standard InChI is InChI=1S/C20H19Cl2IN4OS2/c1-12-7-15(23)5-6-17(12)24-19(28)11-30-20-26-25-18(27(20)2)10-29-9-13-3-4-14(21)8-16(13)22/h3-8H,9-11H2,1-2H3,(H,24,28). The zero-order valence-corrected chi connectivity index (χ0v) is 21.6. The van der Waals surface area contributed by atoms with Gasteiger partial charge >= 0.3 is 0 Å². The lowest BCUT2D eigenvalue weighted by atomic mass is 10.2. The third-order valence-electron chi connectivity index (χ3n) is 4.22. The summed E-state index contributed by atoms with van der Waals surface area (Å²) in [4.78, 5) is 12.3. The van der Waals surface area contributed by atoms with E-state index in [2.05, 4.69) is 38.1 Å². The van der Waals surface area contributed by atoms with Crippen LogP contribution in [0.15, 0.2) is 41.6 Å². The van der Waals surface area contributed by atoms with E-state index in [0.717, 1.165) is 32.0 Å².